The zero-order valence-electron chi connectivity index (χ0n) is 18.1. The second-order valence-electron chi connectivity index (χ2n) is 10.4. The molecule has 2 heterocycles. The lowest BCUT2D eigenvalue weighted by Crippen LogP contribution is -2.54. The number of aliphatic hydroxyl groups is 1. The molecule has 2 saturated carbocycles. The number of ether oxygens (including phenoxy) is 2. The maximum atomic E-state index is 12.8. The summed E-state index contributed by atoms with van der Waals surface area (Å²) in [4.78, 5) is 14.8. The molecular formula is C24H33NO5. The zero-order valence-corrected chi connectivity index (χ0v) is 18.1. The van der Waals surface area contributed by atoms with Crippen LogP contribution in [-0.2, 0) is 14.3 Å². The van der Waals surface area contributed by atoms with Gasteiger partial charge >= 0.3 is 5.97 Å². The van der Waals surface area contributed by atoms with Crippen molar-refractivity contribution in [3.63, 3.8) is 0 Å². The van der Waals surface area contributed by atoms with Crippen molar-refractivity contribution in [3.8, 4) is 5.75 Å². The summed E-state index contributed by atoms with van der Waals surface area (Å²) in [5, 5.41) is 20.0. The summed E-state index contributed by atoms with van der Waals surface area (Å²) in [5.74, 6) is 0.484. The molecule has 164 valence electrons. The van der Waals surface area contributed by atoms with E-state index in [1.165, 1.54) is 12.8 Å². The molecule has 1 spiro atoms. The number of likely N-dealkylation sites (N-methyl/N-ethyl adjacent to an activating group) is 1. The molecule has 30 heavy (non-hydrogen) atoms. The van der Waals surface area contributed by atoms with Crippen LogP contribution in [0.1, 0.15) is 51.2 Å². The van der Waals surface area contributed by atoms with Gasteiger partial charge in [-0.15, -0.1) is 0 Å². The average molecular weight is 416 g/mol. The fourth-order valence-corrected chi connectivity index (χ4v) is 6.95. The smallest absolute Gasteiger partial charge is 0.311 e. The highest BCUT2D eigenvalue weighted by Gasteiger charge is 2.78. The molecule has 2 N–H and O–H groups in total. The lowest BCUT2D eigenvalue weighted by Gasteiger charge is -2.49. The molecule has 4 fully saturated rings. The molecule has 0 aromatic heterocycles. The summed E-state index contributed by atoms with van der Waals surface area (Å²) < 4.78 is 12.4. The van der Waals surface area contributed by atoms with Crippen molar-refractivity contribution >= 4 is 5.97 Å². The van der Waals surface area contributed by atoms with Crippen LogP contribution in [0.3, 0.4) is 0 Å². The lowest BCUT2D eigenvalue weighted by atomic mass is 9.53. The number of phenolic OH excluding ortho intramolecular Hbond substituents is 1. The van der Waals surface area contributed by atoms with Gasteiger partial charge in [0.25, 0.3) is 0 Å². The monoisotopic (exact) mass is 415 g/mol. The second kappa shape index (κ2) is 6.94. The van der Waals surface area contributed by atoms with E-state index < -0.39 is 6.10 Å². The minimum Gasteiger partial charge on any atom is -0.508 e. The minimum atomic E-state index is -0.680. The van der Waals surface area contributed by atoms with Crippen LogP contribution in [-0.4, -0.2) is 59.0 Å². The Kier molecular flexibility index (Phi) is 4.69. The summed E-state index contributed by atoms with van der Waals surface area (Å²) >= 11 is 0. The molecule has 6 nitrogen and oxygen atoms in total. The quantitative estimate of drug-likeness (QED) is 0.568. The van der Waals surface area contributed by atoms with Gasteiger partial charge < -0.3 is 24.6 Å². The third-order valence-electron chi connectivity index (χ3n) is 8.46. The molecule has 0 unspecified atom stereocenters. The predicted octanol–water partition coefficient (Wildman–Crippen LogP) is 2.88. The maximum Gasteiger partial charge on any atom is 0.311 e. The first-order valence-electron chi connectivity index (χ1n) is 11.3. The first-order chi connectivity index (χ1) is 14.2. The molecule has 0 bridgehead atoms. The topological polar surface area (TPSA) is 82.5 Å². The molecule has 8 atom stereocenters. The van der Waals surface area contributed by atoms with Gasteiger partial charge in [0.15, 0.2) is 0 Å². The molecule has 0 amide bonds. The molecule has 6 heteroatoms. The molecule has 2 aliphatic carbocycles. The highest BCUT2D eigenvalue weighted by Crippen LogP contribution is 2.70. The Balaban J connectivity index is 1.29. The first-order valence-corrected chi connectivity index (χ1v) is 11.3. The largest absolute Gasteiger partial charge is 0.508 e. The van der Waals surface area contributed by atoms with Crippen molar-refractivity contribution in [3.05, 3.63) is 29.8 Å². The van der Waals surface area contributed by atoms with Gasteiger partial charge in [0, 0.05) is 24.4 Å². The summed E-state index contributed by atoms with van der Waals surface area (Å²) in [6.07, 6.45) is 3.86. The number of carbonyl (C=O) groups is 1. The Morgan fingerprint density at radius 1 is 1.30 bits per heavy atom. The van der Waals surface area contributed by atoms with E-state index in [9.17, 15) is 15.0 Å². The van der Waals surface area contributed by atoms with Gasteiger partial charge in [-0.05, 0) is 49.9 Å². The van der Waals surface area contributed by atoms with E-state index in [4.69, 9.17) is 9.47 Å². The first kappa shape index (κ1) is 20.3. The van der Waals surface area contributed by atoms with Gasteiger partial charge in [-0.3, -0.25) is 4.79 Å². The number of aromatic hydroxyl groups is 1. The summed E-state index contributed by atoms with van der Waals surface area (Å²) in [6.45, 7) is 5.61. The predicted molar refractivity (Wildman–Crippen MR) is 111 cm³/mol. The van der Waals surface area contributed by atoms with Crippen molar-refractivity contribution in [1.29, 1.82) is 0 Å². The molecular weight excluding hydrogens is 382 g/mol. The number of esters is 1. The standard InChI is InChI=1S/C24H33NO5/c1-14-5-4-10-23(2)11-19-20(21-24(14,23)30-21)17(22(28)29-19)12-25(3)13-18(27)15-6-8-16(26)9-7-15/h6-9,14,17-21,26-27H,4-5,10-13H2,1-3H3/t14-,17+,18+,19-,20+,21+,23+,24-/m1/s1. The van der Waals surface area contributed by atoms with Gasteiger partial charge in [0.2, 0.25) is 0 Å². The molecule has 0 radical (unpaired) electrons. The molecule has 5 rings (SSSR count). The Bertz CT molecular complexity index is 827. The van der Waals surface area contributed by atoms with Crippen LogP contribution < -0.4 is 0 Å². The fourth-order valence-electron chi connectivity index (χ4n) is 6.95. The van der Waals surface area contributed by atoms with E-state index in [2.05, 4.69) is 13.8 Å². The number of hydrogen-bond acceptors (Lipinski definition) is 6. The van der Waals surface area contributed by atoms with Gasteiger partial charge in [0.1, 0.15) is 17.5 Å². The molecule has 2 aliphatic heterocycles. The fraction of sp³-hybridized carbons (Fsp3) is 0.708. The number of nitrogens with zero attached hydrogens (tertiary/aromatic N) is 1. The number of epoxide rings is 1. The van der Waals surface area contributed by atoms with Gasteiger partial charge in [-0.1, -0.05) is 32.4 Å². The zero-order chi connectivity index (χ0) is 21.3. The Labute approximate surface area is 178 Å². The summed E-state index contributed by atoms with van der Waals surface area (Å²) in [5.41, 5.74) is 0.774. The van der Waals surface area contributed by atoms with Crippen LogP contribution in [0.2, 0.25) is 0 Å². The van der Waals surface area contributed by atoms with Gasteiger partial charge in [0.05, 0.1) is 18.1 Å². The number of phenols is 1. The highest BCUT2D eigenvalue weighted by molar-refractivity contribution is 5.76. The number of rotatable bonds is 5. The van der Waals surface area contributed by atoms with Crippen LogP contribution in [0, 0.1) is 23.2 Å². The molecule has 2 saturated heterocycles. The Morgan fingerprint density at radius 3 is 2.77 bits per heavy atom. The van der Waals surface area contributed by atoms with Crippen LogP contribution in [0.5, 0.6) is 5.75 Å². The molecule has 4 aliphatic rings. The van der Waals surface area contributed by atoms with E-state index in [0.717, 1.165) is 18.4 Å². The third kappa shape index (κ3) is 2.91. The molecule has 1 aromatic carbocycles. The van der Waals surface area contributed by atoms with Gasteiger partial charge in [-0.25, -0.2) is 0 Å². The van der Waals surface area contributed by atoms with E-state index in [-0.39, 0.29) is 46.8 Å². The number of fused-ring (bicyclic) bond motifs is 2. The van der Waals surface area contributed by atoms with Gasteiger partial charge in [-0.2, -0.15) is 0 Å². The van der Waals surface area contributed by atoms with E-state index >= 15 is 0 Å². The van der Waals surface area contributed by atoms with Crippen molar-refractivity contribution in [1.82, 2.24) is 4.90 Å². The maximum absolute atomic E-state index is 12.8. The Hall–Kier alpha value is -1.63. The lowest BCUT2D eigenvalue weighted by molar-refractivity contribution is -0.146. The van der Waals surface area contributed by atoms with Crippen LogP contribution in [0.25, 0.3) is 0 Å². The molecule has 1 aromatic rings. The second-order valence-corrected chi connectivity index (χ2v) is 10.4. The number of carbonyl (C=O) groups excluding carboxylic acids is 1. The van der Waals surface area contributed by atoms with E-state index in [1.54, 1.807) is 24.3 Å². The number of hydrogen-bond donors (Lipinski definition) is 2. The summed E-state index contributed by atoms with van der Waals surface area (Å²) in [7, 11) is 1.93. The van der Waals surface area contributed by atoms with Crippen LogP contribution in [0.15, 0.2) is 24.3 Å². The van der Waals surface area contributed by atoms with Crippen molar-refractivity contribution in [2.24, 2.45) is 23.2 Å². The Morgan fingerprint density at radius 2 is 2.03 bits per heavy atom. The number of aliphatic hydroxyl groups excluding tert-OH is 1. The number of benzene rings is 1. The van der Waals surface area contributed by atoms with E-state index in [1.807, 2.05) is 11.9 Å². The van der Waals surface area contributed by atoms with Crippen molar-refractivity contribution in [2.45, 2.75) is 63.4 Å². The van der Waals surface area contributed by atoms with Crippen LogP contribution in [0.4, 0.5) is 0 Å². The highest BCUT2D eigenvalue weighted by atomic mass is 16.6. The SMILES string of the molecule is C[C@@H]1CCC[C@@]2(C)C[C@H]3OC(=O)[C@@H](CN(C)C[C@H](O)c4ccc(O)cc4)[C@@H]3[C@@H]3O[C@]132. The average Bonchev–Trinajstić information content (AvgIpc) is 3.37. The third-order valence-corrected chi connectivity index (χ3v) is 8.46. The van der Waals surface area contributed by atoms with E-state index in [0.29, 0.717) is 19.0 Å². The van der Waals surface area contributed by atoms with Crippen molar-refractivity contribution in [2.75, 3.05) is 20.1 Å². The van der Waals surface area contributed by atoms with Crippen molar-refractivity contribution < 1.29 is 24.5 Å². The van der Waals surface area contributed by atoms with Crippen LogP contribution >= 0.6 is 0 Å². The normalized spacial score (nSPS) is 42.8. The minimum absolute atomic E-state index is 0.0474. The summed E-state index contributed by atoms with van der Waals surface area (Å²) in [6, 6.07) is 6.60.